The third-order valence-electron chi connectivity index (χ3n) is 4.10. The number of hydrogen-bond acceptors (Lipinski definition) is 3. The van der Waals surface area contributed by atoms with Gasteiger partial charge in [0.15, 0.2) is 0 Å². The number of hydrogen-bond donors (Lipinski definition) is 0. The van der Waals surface area contributed by atoms with Crippen LogP contribution in [-0.2, 0) is 9.53 Å². The van der Waals surface area contributed by atoms with Crippen molar-refractivity contribution in [1.29, 1.82) is 0 Å². The van der Waals surface area contributed by atoms with Gasteiger partial charge in [0, 0.05) is 0 Å². The average molecular weight is 257 g/mol. The van der Waals surface area contributed by atoms with Gasteiger partial charge in [-0.05, 0) is 24.9 Å². The van der Waals surface area contributed by atoms with E-state index in [9.17, 15) is 4.79 Å². The van der Waals surface area contributed by atoms with Crippen LogP contribution in [0.2, 0.25) is 38.3 Å². The zero-order valence-corrected chi connectivity index (χ0v) is 12.9. The van der Waals surface area contributed by atoms with Crippen molar-refractivity contribution in [3.63, 3.8) is 0 Å². The van der Waals surface area contributed by atoms with Gasteiger partial charge in [0.05, 0.1) is 12.6 Å². The van der Waals surface area contributed by atoms with Crippen molar-refractivity contribution in [3.8, 4) is 0 Å². The van der Waals surface area contributed by atoms with E-state index in [0.29, 0.717) is 6.61 Å². The van der Waals surface area contributed by atoms with Crippen molar-refractivity contribution in [2.24, 2.45) is 0 Å². The summed E-state index contributed by atoms with van der Waals surface area (Å²) in [5.74, 6) is 0.0503. The number of rotatable bonds is 1. The molecule has 0 N–H and O–H groups in total. The molecule has 1 unspecified atom stereocenters. The van der Waals surface area contributed by atoms with E-state index in [1.165, 1.54) is 12.1 Å². The van der Waals surface area contributed by atoms with Crippen LogP contribution < -0.4 is 0 Å². The molecule has 0 radical (unpaired) electrons. The monoisotopic (exact) mass is 257 g/mol. The molecule has 0 aromatic rings. The molecule has 0 spiro atoms. The highest BCUT2D eigenvalue weighted by Gasteiger charge is 2.52. The van der Waals surface area contributed by atoms with Crippen LogP contribution in [0.5, 0.6) is 0 Å². The van der Waals surface area contributed by atoms with Crippen molar-refractivity contribution in [3.05, 3.63) is 0 Å². The normalized spacial score (nSPS) is 33.8. The minimum atomic E-state index is -1.34. The van der Waals surface area contributed by atoms with E-state index in [2.05, 4.69) is 30.4 Å². The highest BCUT2D eigenvalue weighted by Crippen LogP contribution is 2.40. The Balaban J connectivity index is 2.25. The summed E-state index contributed by atoms with van der Waals surface area (Å²) in [6, 6.07) is 2.81. The van der Waals surface area contributed by atoms with Crippen molar-refractivity contribution < 1.29 is 9.53 Å². The minimum absolute atomic E-state index is 0.0503. The number of esters is 1. The molecule has 16 heavy (non-hydrogen) atoms. The molecule has 5 heteroatoms. The van der Waals surface area contributed by atoms with Crippen LogP contribution in [0, 0.1) is 0 Å². The predicted molar refractivity (Wildman–Crippen MR) is 70.4 cm³/mol. The quantitative estimate of drug-likeness (QED) is 0.534. The summed E-state index contributed by atoms with van der Waals surface area (Å²) in [6.45, 7) is 10.3. The lowest BCUT2D eigenvalue weighted by Gasteiger charge is -2.44. The Hall–Kier alpha value is -0.136. The van der Waals surface area contributed by atoms with Gasteiger partial charge < -0.3 is 8.97 Å². The predicted octanol–water partition coefficient (Wildman–Crippen LogP) is 2.42. The van der Waals surface area contributed by atoms with Gasteiger partial charge in [0.1, 0.15) is 16.5 Å². The molecule has 2 fully saturated rings. The molecule has 0 amide bonds. The third kappa shape index (κ3) is 2.00. The van der Waals surface area contributed by atoms with Gasteiger partial charge in [0.25, 0.3) is 0 Å². The lowest BCUT2D eigenvalue weighted by atomic mass is 10.1. The topological polar surface area (TPSA) is 29.5 Å². The van der Waals surface area contributed by atoms with Crippen LogP contribution in [0.4, 0.5) is 0 Å². The van der Waals surface area contributed by atoms with Crippen LogP contribution in [-0.4, -0.2) is 39.3 Å². The second kappa shape index (κ2) is 3.96. The van der Waals surface area contributed by atoms with Crippen LogP contribution in [0.15, 0.2) is 0 Å². The molecule has 0 saturated carbocycles. The molecule has 0 aliphatic carbocycles. The summed E-state index contributed by atoms with van der Waals surface area (Å²) in [7, 11) is -2.68. The summed E-state index contributed by atoms with van der Waals surface area (Å²) in [6.07, 6.45) is 2.06. The van der Waals surface area contributed by atoms with Gasteiger partial charge in [-0.1, -0.05) is 26.2 Å². The highest BCUT2D eigenvalue weighted by atomic mass is 28.4. The molecule has 2 saturated heterocycles. The number of carbonyl (C=O) groups excluding carboxylic acids is 1. The van der Waals surface area contributed by atoms with E-state index in [1.807, 2.05) is 0 Å². The Bertz CT molecular complexity index is 288. The highest BCUT2D eigenvalue weighted by molar-refractivity contribution is 6.95. The molecule has 0 aromatic heterocycles. The molecule has 2 rings (SSSR count). The molecule has 2 heterocycles. The van der Waals surface area contributed by atoms with Gasteiger partial charge in [-0.25, -0.2) is 0 Å². The summed E-state index contributed by atoms with van der Waals surface area (Å²) in [4.78, 5) is 11.9. The van der Waals surface area contributed by atoms with Gasteiger partial charge in [0.2, 0.25) is 0 Å². The zero-order chi connectivity index (χ0) is 12.0. The fraction of sp³-hybridized carbons (Fsp3) is 0.909. The SMILES string of the molecule is C[Si]1(C)CC[Si](C)(C)N1C1CCCOC1=O. The van der Waals surface area contributed by atoms with Crippen LogP contribution in [0.3, 0.4) is 0 Å². The Morgan fingerprint density at radius 1 is 1.19 bits per heavy atom. The maximum absolute atomic E-state index is 11.9. The van der Waals surface area contributed by atoms with E-state index in [4.69, 9.17) is 4.74 Å². The van der Waals surface area contributed by atoms with Gasteiger partial charge in [-0.2, -0.15) is 0 Å². The molecule has 2 aliphatic heterocycles. The molecule has 1 atom stereocenters. The second-order valence-electron chi connectivity index (χ2n) is 6.32. The standard InChI is InChI=1S/C11H23NO2Si2/c1-15(2)8-9-16(3,4)12(15)10-6-5-7-14-11(10)13/h10H,5-9H2,1-4H3. The van der Waals surface area contributed by atoms with E-state index < -0.39 is 16.5 Å². The third-order valence-corrected chi connectivity index (χ3v) is 14.4. The lowest BCUT2D eigenvalue weighted by Crippen LogP contribution is -2.62. The first kappa shape index (κ1) is 12.3. The maximum atomic E-state index is 11.9. The molecule has 92 valence electrons. The fourth-order valence-electron chi connectivity index (χ4n) is 3.41. The van der Waals surface area contributed by atoms with E-state index >= 15 is 0 Å². The summed E-state index contributed by atoms with van der Waals surface area (Å²) in [5, 5.41) is 0. The van der Waals surface area contributed by atoms with Crippen molar-refractivity contribution in [2.75, 3.05) is 6.61 Å². The minimum Gasteiger partial charge on any atom is -0.465 e. The molecule has 0 aromatic carbocycles. The van der Waals surface area contributed by atoms with Crippen molar-refractivity contribution in [1.82, 2.24) is 4.23 Å². The first-order valence-corrected chi connectivity index (χ1v) is 12.6. The Morgan fingerprint density at radius 2 is 1.75 bits per heavy atom. The van der Waals surface area contributed by atoms with Crippen molar-refractivity contribution >= 4 is 22.4 Å². The van der Waals surface area contributed by atoms with Crippen molar-refractivity contribution in [2.45, 2.75) is 57.2 Å². The Morgan fingerprint density at radius 3 is 2.25 bits per heavy atom. The van der Waals surface area contributed by atoms with Gasteiger partial charge in [-0.15, -0.1) is 0 Å². The maximum Gasteiger partial charge on any atom is 0.322 e. The largest absolute Gasteiger partial charge is 0.465 e. The average Bonchev–Trinajstić information content (AvgIpc) is 2.39. The molecule has 0 bridgehead atoms. The summed E-state index contributed by atoms with van der Waals surface area (Å²) < 4.78 is 7.92. The van der Waals surface area contributed by atoms with E-state index in [0.717, 1.165) is 12.8 Å². The summed E-state index contributed by atoms with van der Waals surface area (Å²) in [5.41, 5.74) is 0. The summed E-state index contributed by atoms with van der Waals surface area (Å²) >= 11 is 0. The first-order chi connectivity index (χ1) is 7.34. The Kier molecular flexibility index (Phi) is 3.05. The van der Waals surface area contributed by atoms with E-state index in [1.54, 1.807) is 0 Å². The molecule has 3 nitrogen and oxygen atoms in total. The smallest absolute Gasteiger partial charge is 0.322 e. The first-order valence-electron chi connectivity index (χ1n) is 6.31. The van der Waals surface area contributed by atoms with E-state index in [-0.39, 0.29) is 12.0 Å². The second-order valence-corrected chi connectivity index (χ2v) is 16.0. The van der Waals surface area contributed by atoms with Gasteiger partial charge >= 0.3 is 5.97 Å². The number of nitrogens with zero attached hydrogens (tertiary/aromatic N) is 1. The molecular formula is C11H23NO2Si2. The molecule has 2 aliphatic rings. The number of cyclic esters (lactones) is 1. The number of carbonyl (C=O) groups is 1. The van der Waals surface area contributed by atoms with Crippen LogP contribution in [0.25, 0.3) is 0 Å². The zero-order valence-electron chi connectivity index (χ0n) is 10.9. The fourth-order valence-corrected chi connectivity index (χ4v) is 18.2. The van der Waals surface area contributed by atoms with Crippen LogP contribution in [0.1, 0.15) is 12.8 Å². The van der Waals surface area contributed by atoms with Gasteiger partial charge in [-0.3, -0.25) is 4.79 Å². The Labute approximate surface area is 100 Å². The number of ether oxygens (including phenoxy) is 1. The lowest BCUT2D eigenvalue weighted by molar-refractivity contribution is -0.151. The molecular weight excluding hydrogens is 234 g/mol. The van der Waals surface area contributed by atoms with Crippen LogP contribution >= 0.6 is 0 Å².